The largest absolute Gasteiger partial charge is 0.492 e. The average Bonchev–Trinajstić information content (AvgIpc) is 2.08. The lowest BCUT2D eigenvalue weighted by atomic mass is 9.91. The second-order valence-electron chi connectivity index (χ2n) is 4.02. The summed E-state index contributed by atoms with van der Waals surface area (Å²) in [4.78, 5) is 1.44. The van der Waals surface area contributed by atoms with Crippen LogP contribution in [0.4, 0.5) is 12.9 Å². The number of nitrogens with zero attached hydrogens (tertiary/aromatic N) is 1. The molecule has 0 aliphatic carbocycles. The third-order valence-electron chi connectivity index (χ3n) is 2.30. The Labute approximate surface area is 82.5 Å². The van der Waals surface area contributed by atoms with E-state index >= 15 is 0 Å². The number of ether oxygens (including phenoxy) is 1. The second kappa shape index (κ2) is 4.53. The highest BCUT2D eigenvalue weighted by molar-refractivity contribution is 6.58. The molecule has 1 aliphatic rings. The Morgan fingerprint density at radius 2 is 1.93 bits per heavy atom. The molecule has 1 aliphatic heterocycles. The van der Waals surface area contributed by atoms with Gasteiger partial charge in [-0.25, -0.2) is 0 Å². The van der Waals surface area contributed by atoms with Crippen LogP contribution in [0.1, 0.15) is 20.3 Å². The van der Waals surface area contributed by atoms with Crippen LogP contribution in [0, 0.1) is 0 Å². The van der Waals surface area contributed by atoms with Crippen molar-refractivity contribution >= 4 is 6.98 Å². The smallest absolute Gasteiger partial charge is 0.448 e. The van der Waals surface area contributed by atoms with Crippen LogP contribution < -0.4 is 0 Å². The number of halogens is 3. The minimum atomic E-state index is -4.71. The van der Waals surface area contributed by atoms with E-state index in [1.807, 2.05) is 13.8 Å². The summed E-state index contributed by atoms with van der Waals surface area (Å²) < 4.78 is 42.0. The molecule has 0 saturated carbocycles. The van der Waals surface area contributed by atoms with Gasteiger partial charge in [0.25, 0.3) is 0 Å². The van der Waals surface area contributed by atoms with E-state index in [0.717, 1.165) is 0 Å². The van der Waals surface area contributed by atoms with E-state index in [-0.39, 0.29) is 12.2 Å². The Morgan fingerprint density at radius 1 is 1.29 bits per heavy atom. The van der Waals surface area contributed by atoms with Crippen LogP contribution in [0.5, 0.6) is 0 Å². The molecule has 0 bridgehead atoms. The van der Waals surface area contributed by atoms with Crippen LogP contribution in [0.2, 0.25) is 0 Å². The first-order chi connectivity index (χ1) is 6.37. The van der Waals surface area contributed by atoms with Gasteiger partial charge in [0.15, 0.2) is 0 Å². The highest BCUT2D eigenvalue weighted by Gasteiger charge is 2.29. The molecule has 0 aromatic rings. The average molecular weight is 210 g/mol. The van der Waals surface area contributed by atoms with Crippen molar-refractivity contribution in [3.8, 4) is 0 Å². The molecular formula is C8H16BF3NO-. The molecule has 14 heavy (non-hydrogen) atoms. The summed E-state index contributed by atoms with van der Waals surface area (Å²) in [5.41, 5.74) is 0. The third-order valence-corrected chi connectivity index (χ3v) is 2.30. The predicted octanol–water partition coefficient (Wildman–Crippen LogP) is 1.87. The lowest BCUT2D eigenvalue weighted by Crippen LogP contribution is -2.40. The Bertz CT molecular complexity index is 188. The molecule has 0 amide bonds. The molecule has 2 nitrogen and oxygen atoms in total. The van der Waals surface area contributed by atoms with Crippen LogP contribution >= 0.6 is 0 Å². The Balaban J connectivity index is 2.46. The molecule has 0 spiro atoms. The van der Waals surface area contributed by atoms with Gasteiger partial charge in [0.05, 0.1) is 12.2 Å². The van der Waals surface area contributed by atoms with E-state index < -0.39 is 13.4 Å². The summed E-state index contributed by atoms with van der Waals surface area (Å²) in [6, 6.07) is 0. The number of hydrogen-bond donors (Lipinski definition) is 0. The van der Waals surface area contributed by atoms with Crippen molar-refractivity contribution in [2.75, 3.05) is 19.5 Å². The van der Waals surface area contributed by atoms with Gasteiger partial charge in [0.2, 0.25) is 0 Å². The topological polar surface area (TPSA) is 12.5 Å². The van der Waals surface area contributed by atoms with Crippen molar-refractivity contribution in [2.45, 2.75) is 32.5 Å². The van der Waals surface area contributed by atoms with Gasteiger partial charge in [-0.3, -0.25) is 0 Å². The van der Waals surface area contributed by atoms with E-state index in [4.69, 9.17) is 4.74 Å². The maximum Gasteiger partial charge on any atom is 0.492 e. The van der Waals surface area contributed by atoms with Crippen LogP contribution in [0.3, 0.4) is 0 Å². The monoisotopic (exact) mass is 210 g/mol. The first-order valence-corrected chi connectivity index (χ1v) is 4.95. The Kier molecular flexibility index (Phi) is 3.83. The Morgan fingerprint density at radius 3 is 2.50 bits per heavy atom. The van der Waals surface area contributed by atoms with Crippen LogP contribution in [0.15, 0.2) is 0 Å². The van der Waals surface area contributed by atoms with Crippen LogP contribution in [-0.2, 0) is 4.74 Å². The SMILES string of the molecule is CC1CCN(C[B-](F)(F)F)CC(C)O1. The number of rotatable bonds is 2. The molecule has 1 rings (SSSR count). The van der Waals surface area contributed by atoms with Gasteiger partial charge in [-0.2, -0.15) is 0 Å². The zero-order valence-electron chi connectivity index (χ0n) is 8.55. The van der Waals surface area contributed by atoms with Crippen molar-refractivity contribution in [3.05, 3.63) is 0 Å². The van der Waals surface area contributed by atoms with Crippen LogP contribution in [0.25, 0.3) is 0 Å². The summed E-state index contributed by atoms with van der Waals surface area (Å²) in [5, 5.41) is 0. The standard InChI is InChI=1S/C8H16BF3NO/c1-7-3-4-13(5-8(2)14-7)6-9(10,11)12/h7-8H,3-6H2,1-2H3/q-1. The third kappa shape index (κ3) is 4.33. The summed E-state index contributed by atoms with van der Waals surface area (Å²) in [6.07, 6.45) is -0.127. The van der Waals surface area contributed by atoms with Crippen molar-refractivity contribution in [1.29, 1.82) is 0 Å². The van der Waals surface area contributed by atoms with E-state index in [1.165, 1.54) is 4.90 Å². The number of hydrogen-bond acceptors (Lipinski definition) is 2. The van der Waals surface area contributed by atoms with Gasteiger partial charge in [-0.1, -0.05) is 0 Å². The molecular weight excluding hydrogens is 194 g/mol. The minimum Gasteiger partial charge on any atom is -0.448 e. The maximum atomic E-state index is 12.2. The van der Waals surface area contributed by atoms with Crippen molar-refractivity contribution in [1.82, 2.24) is 4.90 Å². The van der Waals surface area contributed by atoms with Crippen molar-refractivity contribution in [2.24, 2.45) is 0 Å². The zero-order chi connectivity index (χ0) is 10.8. The van der Waals surface area contributed by atoms with E-state index in [2.05, 4.69) is 0 Å². The fourth-order valence-corrected chi connectivity index (χ4v) is 1.79. The first kappa shape index (κ1) is 11.8. The highest BCUT2D eigenvalue weighted by atomic mass is 19.4. The molecule has 1 heterocycles. The van der Waals surface area contributed by atoms with E-state index in [0.29, 0.717) is 19.5 Å². The van der Waals surface area contributed by atoms with Gasteiger partial charge in [0.1, 0.15) is 0 Å². The molecule has 0 radical (unpaired) electrons. The molecule has 2 unspecified atom stereocenters. The molecule has 0 aromatic heterocycles. The second-order valence-corrected chi connectivity index (χ2v) is 4.02. The zero-order valence-corrected chi connectivity index (χ0v) is 8.55. The van der Waals surface area contributed by atoms with Crippen LogP contribution in [-0.4, -0.2) is 43.6 Å². The summed E-state index contributed by atoms with van der Waals surface area (Å²) in [6.45, 7) is -0.130. The van der Waals surface area contributed by atoms with Crippen molar-refractivity contribution < 1.29 is 17.7 Å². The Hall–Kier alpha value is -0.225. The van der Waals surface area contributed by atoms with Gasteiger partial charge in [0, 0.05) is 6.54 Å². The fourth-order valence-electron chi connectivity index (χ4n) is 1.79. The van der Waals surface area contributed by atoms with Crippen molar-refractivity contribution in [3.63, 3.8) is 0 Å². The lowest BCUT2D eigenvalue weighted by molar-refractivity contribution is 0.0148. The summed E-state index contributed by atoms with van der Waals surface area (Å²) in [7, 11) is 0. The molecule has 0 N–H and O–H groups in total. The normalized spacial score (nSPS) is 31.5. The minimum absolute atomic E-state index is 0.0655. The van der Waals surface area contributed by atoms with Gasteiger partial charge >= 0.3 is 6.98 Å². The molecule has 1 saturated heterocycles. The highest BCUT2D eigenvalue weighted by Crippen LogP contribution is 2.16. The molecule has 2 atom stereocenters. The lowest BCUT2D eigenvalue weighted by Gasteiger charge is -2.27. The van der Waals surface area contributed by atoms with E-state index in [9.17, 15) is 12.9 Å². The molecule has 6 heteroatoms. The first-order valence-electron chi connectivity index (χ1n) is 4.95. The molecule has 84 valence electrons. The fraction of sp³-hybridized carbons (Fsp3) is 1.00. The van der Waals surface area contributed by atoms with Gasteiger partial charge in [-0.05, 0) is 33.3 Å². The predicted molar refractivity (Wildman–Crippen MR) is 50.1 cm³/mol. The molecule has 1 fully saturated rings. The summed E-state index contributed by atoms with van der Waals surface area (Å²) >= 11 is 0. The van der Waals surface area contributed by atoms with Gasteiger partial charge in [-0.15, -0.1) is 0 Å². The maximum absolute atomic E-state index is 12.2. The summed E-state index contributed by atoms with van der Waals surface area (Å²) in [5.74, 6) is 0. The quantitative estimate of drug-likeness (QED) is 0.645. The van der Waals surface area contributed by atoms with E-state index in [1.54, 1.807) is 0 Å². The van der Waals surface area contributed by atoms with Gasteiger partial charge < -0.3 is 22.6 Å². The molecule has 0 aromatic carbocycles.